The highest BCUT2D eigenvalue weighted by molar-refractivity contribution is 5.81. The third-order valence-corrected chi connectivity index (χ3v) is 3.92. The highest BCUT2D eigenvalue weighted by atomic mass is 16.2. The molecule has 4 nitrogen and oxygen atoms in total. The maximum Gasteiger partial charge on any atom is 0.239 e. The predicted molar refractivity (Wildman–Crippen MR) is 75.7 cm³/mol. The van der Waals surface area contributed by atoms with E-state index in [4.69, 9.17) is 0 Å². The molecule has 2 atom stereocenters. The molecule has 0 saturated carbocycles. The first-order valence-electron chi connectivity index (χ1n) is 7.40. The SMILES string of the molecule is CCCN(C1CCNC1)C(C)C(=O)N(CC)CC. The Bertz CT molecular complexity index is 247. The summed E-state index contributed by atoms with van der Waals surface area (Å²) in [6.07, 6.45) is 2.27. The van der Waals surface area contributed by atoms with Gasteiger partial charge in [0.1, 0.15) is 0 Å². The van der Waals surface area contributed by atoms with Gasteiger partial charge in [-0.05, 0) is 46.7 Å². The minimum Gasteiger partial charge on any atom is -0.342 e. The van der Waals surface area contributed by atoms with Crippen LogP contribution in [-0.2, 0) is 4.79 Å². The number of likely N-dealkylation sites (N-methyl/N-ethyl adjacent to an activating group) is 1. The van der Waals surface area contributed by atoms with Crippen molar-refractivity contribution in [2.24, 2.45) is 0 Å². The fourth-order valence-corrected chi connectivity index (χ4v) is 2.81. The maximum absolute atomic E-state index is 12.4. The van der Waals surface area contributed by atoms with Gasteiger partial charge in [-0.1, -0.05) is 6.92 Å². The van der Waals surface area contributed by atoms with Crippen molar-refractivity contribution in [1.82, 2.24) is 15.1 Å². The lowest BCUT2D eigenvalue weighted by Crippen LogP contribution is -2.51. The van der Waals surface area contributed by atoms with E-state index in [1.807, 2.05) is 4.90 Å². The minimum absolute atomic E-state index is 0.00903. The molecule has 1 fully saturated rings. The van der Waals surface area contributed by atoms with E-state index >= 15 is 0 Å². The number of carbonyl (C=O) groups is 1. The summed E-state index contributed by atoms with van der Waals surface area (Å²) >= 11 is 0. The zero-order valence-electron chi connectivity index (χ0n) is 12.4. The number of nitrogens with one attached hydrogen (secondary N) is 1. The smallest absolute Gasteiger partial charge is 0.239 e. The van der Waals surface area contributed by atoms with E-state index in [0.29, 0.717) is 6.04 Å². The molecule has 1 amide bonds. The number of nitrogens with zero attached hydrogens (tertiary/aromatic N) is 2. The molecule has 1 aliphatic rings. The largest absolute Gasteiger partial charge is 0.342 e. The molecule has 2 unspecified atom stereocenters. The van der Waals surface area contributed by atoms with Crippen LogP contribution in [0.25, 0.3) is 0 Å². The van der Waals surface area contributed by atoms with E-state index in [9.17, 15) is 4.79 Å². The van der Waals surface area contributed by atoms with Crippen LogP contribution >= 0.6 is 0 Å². The van der Waals surface area contributed by atoms with E-state index in [-0.39, 0.29) is 11.9 Å². The Morgan fingerprint density at radius 2 is 2.00 bits per heavy atom. The Labute approximate surface area is 112 Å². The summed E-state index contributed by atoms with van der Waals surface area (Å²) in [6.45, 7) is 13.1. The molecule has 1 heterocycles. The van der Waals surface area contributed by atoms with Crippen LogP contribution in [0.4, 0.5) is 0 Å². The predicted octanol–water partition coefficient (Wildman–Crippen LogP) is 1.32. The van der Waals surface area contributed by atoms with Gasteiger partial charge in [0.15, 0.2) is 0 Å². The van der Waals surface area contributed by atoms with Crippen molar-refractivity contribution in [3.8, 4) is 0 Å². The van der Waals surface area contributed by atoms with Crippen molar-refractivity contribution >= 4 is 5.91 Å². The van der Waals surface area contributed by atoms with Crippen molar-refractivity contribution < 1.29 is 4.79 Å². The van der Waals surface area contributed by atoms with E-state index in [1.165, 1.54) is 0 Å². The molecule has 1 aliphatic heterocycles. The van der Waals surface area contributed by atoms with Crippen LogP contribution in [0.1, 0.15) is 40.5 Å². The number of hydrogen-bond donors (Lipinski definition) is 1. The molecule has 0 aromatic heterocycles. The molecule has 0 aliphatic carbocycles. The van der Waals surface area contributed by atoms with Gasteiger partial charge in [-0.25, -0.2) is 0 Å². The second-order valence-corrected chi connectivity index (χ2v) is 5.07. The monoisotopic (exact) mass is 255 g/mol. The minimum atomic E-state index is 0.00903. The molecule has 0 radical (unpaired) electrons. The third kappa shape index (κ3) is 3.69. The third-order valence-electron chi connectivity index (χ3n) is 3.92. The van der Waals surface area contributed by atoms with Gasteiger partial charge in [-0.3, -0.25) is 9.69 Å². The molecular weight excluding hydrogens is 226 g/mol. The standard InChI is InChI=1S/C14H29N3O/c1-5-10-17(13-8-9-15-11-13)12(4)14(18)16(6-2)7-3/h12-13,15H,5-11H2,1-4H3. The lowest BCUT2D eigenvalue weighted by molar-refractivity contribution is -0.136. The van der Waals surface area contributed by atoms with Gasteiger partial charge in [0.25, 0.3) is 0 Å². The summed E-state index contributed by atoms with van der Waals surface area (Å²) in [6, 6.07) is 0.536. The van der Waals surface area contributed by atoms with Crippen LogP contribution in [0.5, 0.6) is 0 Å². The lowest BCUT2D eigenvalue weighted by atomic mass is 10.1. The van der Waals surface area contributed by atoms with Crippen molar-refractivity contribution in [3.05, 3.63) is 0 Å². The summed E-state index contributed by atoms with van der Waals surface area (Å²) in [7, 11) is 0. The first-order chi connectivity index (χ1) is 8.65. The molecule has 106 valence electrons. The topological polar surface area (TPSA) is 35.6 Å². The van der Waals surface area contributed by atoms with Crippen molar-refractivity contribution in [3.63, 3.8) is 0 Å². The van der Waals surface area contributed by atoms with Gasteiger partial charge in [0.05, 0.1) is 6.04 Å². The molecule has 4 heteroatoms. The average molecular weight is 255 g/mol. The Morgan fingerprint density at radius 3 is 2.44 bits per heavy atom. The molecule has 0 aromatic rings. The Balaban J connectivity index is 2.68. The molecule has 1 N–H and O–H groups in total. The average Bonchev–Trinajstić information content (AvgIpc) is 2.90. The molecule has 0 aromatic carbocycles. The van der Waals surface area contributed by atoms with Crippen LogP contribution < -0.4 is 5.32 Å². The van der Waals surface area contributed by atoms with Crippen LogP contribution in [0.3, 0.4) is 0 Å². The van der Waals surface area contributed by atoms with Crippen molar-refractivity contribution in [2.75, 3.05) is 32.7 Å². The van der Waals surface area contributed by atoms with E-state index < -0.39 is 0 Å². The fraction of sp³-hybridized carbons (Fsp3) is 0.929. The van der Waals surface area contributed by atoms with Gasteiger partial charge in [0, 0.05) is 25.7 Å². The zero-order valence-corrected chi connectivity index (χ0v) is 12.4. The maximum atomic E-state index is 12.4. The molecule has 1 rings (SSSR count). The molecule has 18 heavy (non-hydrogen) atoms. The van der Waals surface area contributed by atoms with Crippen LogP contribution in [0.2, 0.25) is 0 Å². The molecule has 0 spiro atoms. The fourth-order valence-electron chi connectivity index (χ4n) is 2.81. The number of rotatable bonds is 7. The summed E-state index contributed by atoms with van der Waals surface area (Å²) in [4.78, 5) is 16.8. The van der Waals surface area contributed by atoms with Gasteiger partial charge < -0.3 is 10.2 Å². The number of amides is 1. The van der Waals surface area contributed by atoms with Gasteiger partial charge in [-0.2, -0.15) is 0 Å². The molecule has 0 bridgehead atoms. The first kappa shape index (κ1) is 15.4. The second-order valence-electron chi connectivity index (χ2n) is 5.07. The van der Waals surface area contributed by atoms with Crippen LogP contribution in [0, 0.1) is 0 Å². The number of hydrogen-bond acceptors (Lipinski definition) is 3. The quantitative estimate of drug-likeness (QED) is 0.745. The van der Waals surface area contributed by atoms with Gasteiger partial charge >= 0.3 is 0 Å². The zero-order chi connectivity index (χ0) is 13.5. The highest BCUT2D eigenvalue weighted by Crippen LogP contribution is 2.15. The number of carbonyl (C=O) groups excluding carboxylic acids is 1. The Kier molecular flexibility index (Phi) is 6.65. The molecule has 1 saturated heterocycles. The second kappa shape index (κ2) is 7.74. The highest BCUT2D eigenvalue weighted by Gasteiger charge is 2.30. The van der Waals surface area contributed by atoms with E-state index in [1.54, 1.807) is 0 Å². The lowest BCUT2D eigenvalue weighted by Gasteiger charge is -2.35. The van der Waals surface area contributed by atoms with Crippen LogP contribution in [0.15, 0.2) is 0 Å². The van der Waals surface area contributed by atoms with E-state index in [2.05, 4.69) is 37.9 Å². The van der Waals surface area contributed by atoms with Crippen LogP contribution in [-0.4, -0.2) is 60.5 Å². The summed E-state index contributed by atoms with van der Waals surface area (Å²) in [5, 5.41) is 3.40. The van der Waals surface area contributed by atoms with E-state index in [0.717, 1.165) is 45.6 Å². The summed E-state index contributed by atoms with van der Waals surface area (Å²) in [5.41, 5.74) is 0. The normalized spacial score (nSPS) is 21.3. The van der Waals surface area contributed by atoms with Gasteiger partial charge in [-0.15, -0.1) is 0 Å². The molecular formula is C14H29N3O. The Hall–Kier alpha value is -0.610. The Morgan fingerprint density at radius 1 is 1.33 bits per heavy atom. The summed E-state index contributed by atoms with van der Waals surface area (Å²) < 4.78 is 0. The van der Waals surface area contributed by atoms with Gasteiger partial charge in [0.2, 0.25) is 5.91 Å². The van der Waals surface area contributed by atoms with Crippen molar-refractivity contribution in [2.45, 2.75) is 52.6 Å². The first-order valence-corrected chi connectivity index (χ1v) is 7.40. The summed E-state index contributed by atoms with van der Waals surface area (Å²) in [5.74, 6) is 0.278. The van der Waals surface area contributed by atoms with Crippen molar-refractivity contribution in [1.29, 1.82) is 0 Å².